The third kappa shape index (κ3) is 3.82. The molecule has 0 saturated heterocycles. The van der Waals surface area contributed by atoms with Crippen molar-refractivity contribution in [3.63, 3.8) is 0 Å². The van der Waals surface area contributed by atoms with Crippen molar-refractivity contribution in [1.29, 1.82) is 0 Å². The van der Waals surface area contributed by atoms with Gasteiger partial charge >= 0.3 is 0 Å². The number of aromatic nitrogens is 2. The fourth-order valence-electron chi connectivity index (χ4n) is 2.23. The standard InChI is InChI=1S/C16H23FN4/c1-12(2)19-10-13-14(17)6-5-7-15(13)21(4)11-16-18-8-9-20(16)3/h5-9,12,19H,10-11H2,1-4H3. The zero-order valence-corrected chi connectivity index (χ0v) is 13.1. The normalized spacial score (nSPS) is 11.1. The third-order valence-corrected chi connectivity index (χ3v) is 3.49. The van der Waals surface area contributed by atoms with Gasteiger partial charge in [0.1, 0.15) is 11.6 Å². The molecule has 1 aromatic heterocycles. The molecule has 0 amide bonds. The molecule has 0 radical (unpaired) electrons. The van der Waals surface area contributed by atoms with Gasteiger partial charge in [0.15, 0.2) is 0 Å². The van der Waals surface area contributed by atoms with Crippen molar-refractivity contribution in [2.75, 3.05) is 11.9 Å². The first-order valence-corrected chi connectivity index (χ1v) is 7.17. The Morgan fingerprint density at radius 2 is 2.14 bits per heavy atom. The highest BCUT2D eigenvalue weighted by molar-refractivity contribution is 5.53. The van der Waals surface area contributed by atoms with Gasteiger partial charge in [0.2, 0.25) is 0 Å². The minimum atomic E-state index is -0.174. The van der Waals surface area contributed by atoms with Gasteiger partial charge in [0.05, 0.1) is 6.54 Å². The van der Waals surface area contributed by atoms with E-state index in [4.69, 9.17) is 0 Å². The van der Waals surface area contributed by atoms with Gasteiger partial charge in [-0.2, -0.15) is 0 Å². The lowest BCUT2D eigenvalue weighted by molar-refractivity contribution is 0.552. The predicted octanol–water partition coefficient (Wildman–Crippen LogP) is 2.69. The van der Waals surface area contributed by atoms with Crippen LogP contribution >= 0.6 is 0 Å². The van der Waals surface area contributed by atoms with Crippen molar-refractivity contribution in [2.45, 2.75) is 33.0 Å². The lowest BCUT2D eigenvalue weighted by Crippen LogP contribution is -2.26. The summed E-state index contributed by atoms with van der Waals surface area (Å²) >= 11 is 0. The highest BCUT2D eigenvalue weighted by Gasteiger charge is 2.14. The van der Waals surface area contributed by atoms with E-state index in [1.807, 2.05) is 35.8 Å². The Bertz CT molecular complexity index is 592. The predicted molar refractivity (Wildman–Crippen MR) is 83.7 cm³/mol. The number of aryl methyl sites for hydroxylation is 1. The lowest BCUT2D eigenvalue weighted by Gasteiger charge is -2.23. The second-order valence-electron chi connectivity index (χ2n) is 5.58. The number of halogens is 1. The van der Waals surface area contributed by atoms with Crippen molar-refractivity contribution in [3.8, 4) is 0 Å². The van der Waals surface area contributed by atoms with Crippen molar-refractivity contribution in [3.05, 3.63) is 47.8 Å². The molecule has 0 atom stereocenters. The molecule has 0 fully saturated rings. The van der Waals surface area contributed by atoms with Crippen LogP contribution in [0.4, 0.5) is 10.1 Å². The molecule has 21 heavy (non-hydrogen) atoms. The first kappa shape index (κ1) is 15.5. The minimum absolute atomic E-state index is 0.174. The highest BCUT2D eigenvalue weighted by atomic mass is 19.1. The first-order valence-electron chi connectivity index (χ1n) is 7.17. The Labute approximate surface area is 125 Å². The number of benzene rings is 1. The average Bonchev–Trinajstić information content (AvgIpc) is 2.82. The molecule has 4 nitrogen and oxygen atoms in total. The van der Waals surface area contributed by atoms with Crippen LogP contribution in [0.2, 0.25) is 0 Å². The van der Waals surface area contributed by atoms with Gasteiger partial charge in [-0.1, -0.05) is 19.9 Å². The van der Waals surface area contributed by atoms with Crippen LogP contribution < -0.4 is 10.2 Å². The van der Waals surface area contributed by atoms with Crippen LogP contribution in [0, 0.1) is 5.82 Å². The molecule has 0 spiro atoms. The number of rotatable bonds is 6. The van der Waals surface area contributed by atoms with E-state index in [1.54, 1.807) is 12.3 Å². The van der Waals surface area contributed by atoms with Crippen LogP contribution in [-0.2, 0) is 20.1 Å². The summed E-state index contributed by atoms with van der Waals surface area (Å²) in [5.41, 5.74) is 1.59. The maximum absolute atomic E-state index is 14.1. The summed E-state index contributed by atoms with van der Waals surface area (Å²) in [7, 11) is 3.92. The fourth-order valence-corrected chi connectivity index (χ4v) is 2.23. The molecule has 0 aliphatic heterocycles. The Balaban J connectivity index is 2.21. The van der Waals surface area contributed by atoms with Gasteiger partial charge in [-0.15, -0.1) is 0 Å². The SMILES string of the molecule is CC(C)NCc1c(F)cccc1N(C)Cc1nccn1C. The van der Waals surface area contributed by atoms with E-state index in [-0.39, 0.29) is 5.82 Å². The number of hydrogen-bond donors (Lipinski definition) is 1. The second kappa shape index (κ2) is 6.72. The largest absolute Gasteiger partial charge is 0.367 e. The van der Waals surface area contributed by atoms with Crippen molar-refractivity contribution in [2.24, 2.45) is 7.05 Å². The summed E-state index contributed by atoms with van der Waals surface area (Å²) in [6.45, 7) is 5.27. The quantitative estimate of drug-likeness (QED) is 0.888. The van der Waals surface area contributed by atoms with E-state index in [0.29, 0.717) is 24.7 Å². The highest BCUT2D eigenvalue weighted by Crippen LogP contribution is 2.23. The van der Waals surface area contributed by atoms with Crippen molar-refractivity contribution < 1.29 is 4.39 Å². The topological polar surface area (TPSA) is 33.1 Å². The van der Waals surface area contributed by atoms with Gasteiger partial charge in [-0.3, -0.25) is 0 Å². The summed E-state index contributed by atoms with van der Waals surface area (Å²) < 4.78 is 16.1. The number of hydrogen-bond acceptors (Lipinski definition) is 3. The molecule has 0 unspecified atom stereocenters. The maximum Gasteiger partial charge on any atom is 0.129 e. The number of nitrogens with zero attached hydrogens (tertiary/aromatic N) is 3. The summed E-state index contributed by atoms with van der Waals surface area (Å²) in [6.07, 6.45) is 3.69. The summed E-state index contributed by atoms with van der Waals surface area (Å²) in [4.78, 5) is 6.35. The van der Waals surface area contributed by atoms with Crippen molar-refractivity contribution >= 4 is 5.69 Å². The summed E-state index contributed by atoms with van der Waals surface area (Å²) in [6, 6.07) is 5.52. The molecule has 0 aliphatic carbocycles. The molecule has 0 saturated carbocycles. The van der Waals surface area contributed by atoms with Crippen LogP contribution in [0.5, 0.6) is 0 Å². The Hall–Kier alpha value is -1.88. The molecule has 1 heterocycles. The molecule has 1 N–H and O–H groups in total. The van der Waals surface area contributed by atoms with E-state index >= 15 is 0 Å². The zero-order chi connectivity index (χ0) is 15.4. The monoisotopic (exact) mass is 290 g/mol. The third-order valence-electron chi connectivity index (χ3n) is 3.49. The van der Waals surface area contributed by atoms with E-state index in [2.05, 4.69) is 24.1 Å². The fraction of sp³-hybridized carbons (Fsp3) is 0.438. The van der Waals surface area contributed by atoms with Crippen LogP contribution in [0.15, 0.2) is 30.6 Å². The Kier molecular flexibility index (Phi) is 4.96. The first-order chi connectivity index (χ1) is 9.99. The molecule has 2 rings (SSSR count). The van der Waals surface area contributed by atoms with E-state index < -0.39 is 0 Å². The molecular formula is C16H23FN4. The van der Waals surface area contributed by atoms with Gasteiger partial charge in [-0.05, 0) is 12.1 Å². The number of imidazole rings is 1. The van der Waals surface area contributed by atoms with Crippen molar-refractivity contribution in [1.82, 2.24) is 14.9 Å². The molecule has 5 heteroatoms. The summed E-state index contributed by atoms with van der Waals surface area (Å²) in [5, 5.41) is 3.28. The van der Waals surface area contributed by atoms with Gasteiger partial charge in [-0.25, -0.2) is 9.37 Å². The van der Waals surface area contributed by atoms with Gasteiger partial charge < -0.3 is 14.8 Å². The Morgan fingerprint density at radius 3 is 2.76 bits per heavy atom. The average molecular weight is 290 g/mol. The smallest absolute Gasteiger partial charge is 0.129 e. The minimum Gasteiger partial charge on any atom is -0.367 e. The zero-order valence-electron chi connectivity index (χ0n) is 13.1. The lowest BCUT2D eigenvalue weighted by atomic mass is 10.1. The molecule has 2 aromatic rings. The van der Waals surface area contributed by atoms with E-state index in [0.717, 1.165) is 11.5 Å². The van der Waals surface area contributed by atoms with Crippen LogP contribution in [0.1, 0.15) is 25.2 Å². The number of anilines is 1. The number of nitrogens with one attached hydrogen (secondary N) is 1. The molecule has 114 valence electrons. The van der Waals surface area contributed by atoms with Crippen LogP contribution in [-0.4, -0.2) is 22.6 Å². The molecule has 0 bridgehead atoms. The Morgan fingerprint density at radius 1 is 1.38 bits per heavy atom. The maximum atomic E-state index is 14.1. The molecule has 0 aliphatic rings. The summed E-state index contributed by atoms with van der Waals surface area (Å²) in [5.74, 6) is 0.775. The molecule has 1 aromatic carbocycles. The van der Waals surface area contributed by atoms with Crippen LogP contribution in [0.25, 0.3) is 0 Å². The molecular weight excluding hydrogens is 267 g/mol. The second-order valence-corrected chi connectivity index (χ2v) is 5.58. The van der Waals surface area contributed by atoms with E-state index in [1.165, 1.54) is 6.07 Å². The van der Waals surface area contributed by atoms with Gasteiger partial charge in [0.25, 0.3) is 0 Å². The van der Waals surface area contributed by atoms with E-state index in [9.17, 15) is 4.39 Å². The van der Waals surface area contributed by atoms with Gasteiger partial charge in [0, 0.05) is 50.3 Å². The van der Waals surface area contributed by atoms with Crippen LogP contribution in [0.3, 0.4) is 0 Å².